The molecule has 2 aliphatic heterocycles. The zero-order chi connectivity index (χ0) is 32.9. The number of nitrogens with one attached hydrogen (secondary N) is 2. The Morgan fingerprint density at radius 2 is 2.02 bits per heavy atom. The lowest BCUT2D eigenvalue weighted by Gasteiger charge is -2.27. The molecule has 1 aromatic heterocycles. The van der Waals surface area contributed by atoms with Crippen LogP contribution in [0.2, 0.25) is 0 Å². The highest BCUT2D eigenvalue weighted by Crippen LogP contribution is 2.47. The Labute approximate surface area is 267 Å². The zero-order valence-corrected chi connectivity index (χ0v) is 26.9. The molecule has 1 aromatic carbocycles. The number of ether oxygens (including phenoxy) is 3. The molecule has 0 bridgehead atoms. The second-order valence-electron chi connectivity index (χ2n) is 13.0. The number of carbonyl (C=O) groups excluding carboxylic acids is 3. The third-order valence-corrected chi connectivity index (χ3v) is 11.7. The van der Waals surface area contributed by atoms with Crippen LogP contribution in [0, 0.1) is 11.7 Å². The summed E-state index contributed by atoms with van der Waals surface area (Å²) in [6.07, 6.45) is 6.63. The summed E-state index contributed by atoms with van der Waals surface area (Å²) in [5.74, 6) is -2.09. The van der Waals surface area contributed by atoms with Crippen molar-refractivity contribution >= 4 is 38.5 Å². The van der Waals surface area contributed by atoms with Gasteiger partial charge in [-0.05, 0) is 64.2 Å². The SMILES string of the molecule is COc1cnc(O[C@@H]2C[C@H]3C(=O)N[C@]4(C(=O)NS(=O)(=O)C5(C)CC5)C[C@H]4/C=C\CCCO[C@@H](C)CC(=O)N3C2)c2cc(F)ccc12. The van der Waals surface area contributed by atoms with E-state index in [0.29, 0.717) is 48.8 Å². The fourth-order valence-electron chi connectivity index (χ4n) is 6.22. The van der Waals surface area contributed by atoms with Crippen LogP contribution >= 0.6 is 0 Å². The van der Waals surface area contributed by atoms with E-state index < -0.39 is 62.1 Å². The van der Waals surface area contributed by atoms with Gasteiger partial charge in [-0.3, -0.25) is 19.1 Å². The number of fused-ring (bicyclic) bond motifs is 3. The van der Waals surface area contributed by atoms with Crippen molar-refractivity contribution in [1.29, 1.82) is 0 Å². The predicted molar refractivity (Wildman–Crippen MR) is 165 cm³/mol. The fourth-order valence-corrected chi connectivity index (χ4v) is 7.53. The van der Waals surface area contributed by atoms with E-state index in [1.165, 1.54) is 30.3 Å². The van der Waals surface area contributed by atoms with E-state index in [1.807, 2.05) is 12.2 Å². The summed E-state index contributed by atoms with van der Waals surface area (Å²) in [4.78, 5) is 46.9. The zero-order valence-electron chi connectivity index (χ0n) is 26.1. The Morgan fingerprint density at radius 3 is 2.76 bits per heavy atom. The van der Waals surface area contributed by atoms with Crippen molar-refractivity contribution in [1.82, 2.24) is 19.9 Å². The van der Waals surface area contributed by atoms with Gasteiger partial charge in [0.05, 0.1) is 42.5 Å². The summed E-state index contributed by atoms with van der Waals surface area (Å²) in [6.45, 7) is 3.83. The smallest absolute Gasteiger partial charge is 0.259 e. The molecule has 5 atom stereocenters. The Kier molecular flexibility index (Phi) is 8.47. The molecular weight excluding hydrogens is 619 g/mol. The number of rotatable bonds is 6. The Bertz CT molecular complexity index is 1700. The molecule has 6 rings (SSSR count). The van der Waals surface area contributed by atoms with Crippen molar-refractivity contribution in [2.24, 2.45) is 5.92 Å². The number of allylic oxidation sites excluding steroid dienone is 1. The molecule has 2 N–H and O–H groups in total. The number of amides is 3. The number of methoxy groups -OCH3 is 1. The summed E-state index contributed by atoms with van der Waals surface area (Å²) in [7, 11) is -2.47. The number of sulfonamides is 1. The minimum atomic E-state index is -3.95. The summed E-state index contributed by atoms with van der Waals surface area (Å²) >= 11 is 0. The van der Waals surface area contributed by atoms with Crippen molar-refractivity contribution in [2.45, 2.75) is 87.3 Å². The lowest BCUT2D eigenvalue weighted by molar-refractivity contribution is -0.141. The van der Waals surface area contributed by atoms with Gasteiger partial charge in [-0.2, -0.15) is 0 Å². The Balaban J connectivity index is 1.28. The van der Waals surface area contributed by atoms with E-state index in [-0.39, 0.29) is 37.6 Å². The molecule has 14 heteroatoms. The number of hydrogen-bond acceptors (Lipinski definition) is 9. The van der Waals surface area contributed by atoms with Gasteiger partial charge in [0.2, 0.25) is 27.7 Å². The molecule has 0 spiro atoms. The monoisotopic (exact) mass is 658 g/mol. The quantitative estimate of drug-likeness (QED) is 0.446. The first-order valence-corrected chi connectivity index (χ1v) is 17.1. The van der Waals surface area contributed by atoms with Crippen LogP contribution in [0.4, 0.5) is 4.39 Å². The molecule has 3 amide bonds. The summed E-state index contributed by atoms with van der Waals surface area (Å²) in [6, 6.07) is 3.12. The van der Waals surface area contributed by atoms with E-state index in [2.05, 4.69) is 15.0 Å². The van der Waals surface area contributed by atoms with Gasteiger partial charge >= 0.3 is 0 Å². The summed E-state index contributed by atoms with van der Waals surface area (Å²) < 4.78 is 58.8. The van der Waals surface area contributed by atoms with E-state index in [9.17, 15) is 27.2 Å². The molecule has 2 saturated carbocycles. The summed E-state index contributed by atoms with van der Waals surface area (Å²) in [5, 5.41) is 3.79. The molecule has 3 heterocycles. The normalized spacial score (nSPS) is 30.2. The van der Waals surface area contributed by atoms with Gasteiger partial charge in [0, 0.05) is 24.3 Å². The number of aromatic nitrogens is 1. The third kappa shape index (κ3) is 6.16. The first-order chi connectivity index (χ1) is 21.9. The molecule has 46 heavy (non-hydrogen) atoms. The van der Waals surface area contributed by atoms with Crippen LogP contribution in [0.1, 0.15) is 58.8 Å². The van der Waals surface area contributed by atoms with Crippen LogP contribution in [0.3, 0.4) is 0 Å². The minimum absolute atomic E-state index is 0.0202. The van der Waals surface area contributed by atoms with Crippen LogP contribution < -0.4 is 19.5 Å². The van der Waals surface area contributed by atoms with E-state index in [1.54, 1.807) is 19.9 Å². The van der Waals surface area contributed by atoms with Crippen molar-refractivity contribution in [3.8, 4) is 11.6 Å². The first-order valence-electron chi connectivity index (χ1n) is 15.6. The maximum atomic E-state index is 14.3. The van der Waals surface area contributed by atoms with Crippen LogP contribution in [-0.2, 0) is 29.1 Å². The Morgan fingerprint density at radius 1 is 1.24 bits per heavy atom. The third-order valence-electron chi connectivity index (χ3n) is 9.50. The lowest BCUT2D eigenvalue weighted by atomic mass is 10.1. The van der Waals surface area contributed by atoms with E-state index in [4.69, 9.17) is 14.2 Å². The van der Waals surface area contributed by atoms with Gasteiger partial charge in [-0.1, -0.05) is 12.2 Å². The molecular formula is C32H39FN4O8S. The molecule has 248 valence electrons. The second kappa shape index (κ2) is 12.1. The average molecular weight is 659 g/mol. The van der Waals surface area contributed by atoms with Crippen LogP contribution in [0.25, 0.3) is 10.8 Å². The molecule has 0 unspecified atom stereocenters. The maximum absolute atomic E-state index is 14.3. The van der Waals surface area contributed by atoms with Crippen molar-refractivity contribution < 1.29 is 41.4 Å². The predicted octanol–water partition coefficient (Wildman–Crippen LogP) is 2.75. The van der Waals surface area contributed by atoms with Crippen LogP contribution in [-0.4, -0.2) is 84.8 Å². The van der Waals surface area contributed by atoms with Gasteiger partial charge in [0.25, 0.3) is 5.91 Å². The molecule has 4 aliphatic rings. The average Bonchev–Trinajstić information content (AvgIpc) is 3.88. The molecule has 1 saturated heterocycles. The highest BCUT2D eigenvalue weighted by Gasteiger charge is 2.63. The highest BCUT2D eigenvalue weighted by atomic mass is 32.2. The van der Waals surface area contributed by atoms with E-state index in [0.717, 1.165) is 0 Å². The van der Waals surface area contributed by atoms with E-state index >= 15 is 0 Å². The van der Waals surface area contributed by atoms with Crippen LogP contribution in [0.5, 0.6) is 11.6 Å². The van der Waals surface area contributed by atoms with Crippen molar-refractivity contribution in [2.75, 3.05) is 20.3 Å². The number of benzene rings is 1. The molecule has 12 nitrogen and oxygen atoms in total. The van der Waals surface area contributed by atoms with Gasteiger partial charge in [-0.15, -0.1) is 0 Å². The van der Waals surface area contributed by atoms with Gasteiger partial charge in [0.1, 0.15) is 29.3 Å². The second-order valence-corrected chi connectivity index (χ2v) is 15.2. The maximum Gasteiger partial charge on any atom is 0.259 e. The topological polar surface area (TPSA) is 153 Å². The molecule has 3 fully saturated rings. The molecule has 0 radical (unpaired) electrons. The Hall–Kier alpha value is -3.78. The standard InChI is InChI=1S/C32H39FN4O8S/c1-19-13-27(38)37-18-22(45-29-24-14-21(33)8-9-23(24)26(43-3)17-34-29)15-25(37)28(39)35-32(16-20(32)7-5-4-6-12-44-19)30(40)36-46(41,42)31(2)10-11-31/h5,7-9,14,17,19-20,22,25H,4,6,10-13,15-16,18H2,1-3H3,(H,35,39)(H,36,40)/b7-5-/t19-,20+,22+,25-,32+/m0/s1. The van der Waals surface area contributed by atoms with Crippen molar-refractivity contribution in [3.63, 3.8) is 0 Å². The molecule has 2 aliphatic carbocycles. The minimum Gasteiger partial charge on any atom is -0.494 e. The lowest BCUT2D eigenvalue weighted by Crippen LogP contribution is -2.57. The van der Waals surface area contributed by atoms with Crippen LogP contribution in [0.15, 0.2) is 36.5 Å². The summed E-state index contributed by atoms with van der Waals surface area (Å²) in [5.41, 5.74) is -1.48. The number of pyridine rings is 1. The largest absolute Gasteiger partial charge is 0.494 e. The molecule has 2 aromatic rings. The van der Waals surface area contributed by atoms with Gasteiger partial charge in [0.15, 0.2) is 0 Å². The van der Waals surface area contributed by atoms with Gasteiger partial charge in [-0.25, -0.2) is 17.8 Å². The highest BCUT2D eigenvalue weighted by molar-refractivity contribution is 7.91. The van der Waals surface area contributed by atoms with Gasteiger partial charge < -0.3 is 24.4 Å². The fraction of sp³-hybridized carbons (Fsp3) is 0.562. The van der Waals surface area contributed by atoms with Crippen molar-refractivity contribution in [3.05, 3.63) is 42.4 Å². The number of hydrogen-bond donors (Lipinski definition) is 2. The number of carbonyl (C=O) groups is 3. The first kappa shape index (κ1) is 32.2. The number of nitrogens with zero attached hydrogens (tertiary/aromatic N) is 2. The number of halogens is 1.